The van der Waals surface area contributed by atoms with E-state index in [9.17, 15) is 0 Å². The molecule has 2 rings (SSSR count). The summed E-state index contributed by atoms with van der Waals surface area (Å²) in [5, 5.41) is 1.32. The summed E-state index contributed by atoms with van der Waals surface area (Å²) in [6.07, 6.45) is 3.86. The maximum absolute atomic E-state index is 3.68. The Kier molecular flexibility index (Phi) is 1.96. The largest absolute Gasteiger partial charge is 0.140 e. The van der Waals surface area contributed by atoms with Gasteiger partial charge < -0.3 is 0 Å². The van der Waals surface area contributed by atoms with Crippen molar-refractivity contribution in [1.29, 1.82) is 0 Å². The Morgan fingerprint density at radius 1 is 1.25 bits per heavy atom. The smallest absolute Gasteiger partial charge is 0.0345 e. The van der Waals surface area contributed by atoms with Crippen molar-refractivity contribution >= 4 is 21.4 Å². The number of benzene rings is 1. The summed E-state index contributed by atoms with van der Waals surface area (Å²) in [5.74, 6) is 0. The van der Waals surface area contributed by atoms with Crippen molar-refractivity contribution in [3.63, 3.8) is 0 Å². The van der Waals surface area contributed by atoms with Gasteiger partial charge in [-0.25, -0.2) is 0 Å². The zero-order valence-electron chi connectivity index (χ0n) is 6.66. The van der Waals surface area contributed by atoms with Crippen LogP contribution in [0, 0.1) is 6.42 Å². The molecule has 1 heterocycles. The minimum absolute atomic E-state index is 1.27. The van der Waals surface area contributed by atoms with Gasteiger partial charge in [-0.15, -0.1) is 17.9 Å². The summed E-state index contributed by atoms with van der Waals surface area (Å²) in [4.78, 5) is 1.27. The van der Waals surface area contributed by atoms with Crippen LogP contribution in [0.25, 0.3) is 10.1 Å². The van der Waals surface area contributed by atoms with Crippen LogP contribution in [0.15, 0.2) is 43.0 Å². The molecule has 1 radical (unpaired) electrons. The first kappa shape index (κ1) is 7.56. The summed E-state index contributed by atoms with van der Waals surface area (Å²) in [5.41, 5.74) is 0. The molecule has 0 unspecified atom stereocenters. The summed E-state index contributed by atoms with van der Waals surface area (Å²) >= 11 is 1.80. The SMILES string of the molecule is C=C[CH]c1cc2ccccc2s1. The molecule has 12 heavy (non-hydrogen) atoms. The van der Waals surface area contributed by atoms with Crippen LogP contribution < -0.4 is 0 Å². The van der Waals surface area contributed by atoms with Gasteiger partial charge in [-0.1, -0.05) is 24.3 Å². The molecular weight excluding hydrogens is 164 g/mol. The van der Waals surface area contributed by atoms with Gasteiger partial charge in [0.25, 0.3) is 0 Å². The highest BCUT2D eigenvalue weighted by molar-refractivity contribution is 7.19. The van der Waals surface area contributed by atoms with Crippen molar-refractivity contribution in [2.24, 2.45) is 0 Å². The molecule has 1 aromatic carbocycles. The molecule has 0 aliphatic carbocycles. The first-order chi connectivity index (χ1) is 5.90. The molecule has 0 atom stereocenters. The van der Waals surface area contributed by atoms with Gasteiger partial charge in [0.15, 0.2) is 0 Å². The van der Waals surface area contributed by atoms with Crippen molar-refractivity contribution in [2.75, 3.05) is 0 Å². The van der Waals surface area contributed by atoms with Gasteiger partial charge in [0.1, 0.15) is 0 Å². The van der Waals surface area contributed by atoms with Gasteiger partial charge in [0.05, 0.1) is 0 Å². The van der Waals surface area contributed by atoms with Gasteiger partial charge in [-0.05, 0) is 17.5 Å². The number of hydrogen-bond acceptors (Lipinski definition) is 1. The van der Waals surface area contributed by atoms with E-state index in [4.69, 9.17) is 0 Å². The van der Waals surface area contributed by atoms with E-state index in [1.807, 2.05) is 12.5 Å². The molecule has 2 aromatic rings. The Morgan fingerprint density at radius 3 is 2.83 bits per heavy atom. The van der Waals surface area contributed by atoms with Gasteiger partial charge in [0, 0.05) is 16.0 Å². The lowest BCUT2D eigenvalue weighted by atomic mass is 10.2. The van der Waals surface area contributed by atoms with Crippen LogP contribution in [-0.4, -0.2) is 0 Å². The van der Waals surface area contributed by atoms with Crippen LogP contribution >= 0.6 is 11.3 Å². The minimum Gasteiger partial charge on any atom is -0.140 e. The first-order valence-corrected chi connectivity index (χ1v) is 4.66. The molecule has 0 bridgehead atoms. The van der Waals surface area contributed by atoms with E-state index >= 15 is 0 Å². The maximum Gasteiger partial charge on any atom is 0.0345 e. The third-order valence-corrected chi connectivity index (χ3v) is 2.81. The molecule has 0 saturated carbocycles. The lowest BCUT2D eigenvalue weighted by Crippen LogP contribution is -1.63. The molecule has 0 spiro atoms. The Hall–Kier alpha value is -1.08. The summed E-state index contributed by atoms with van der Waals surface area (Å²) in [7, 11) is 0. The number of allylic oxidation sites excluding steroid dienone is 1. The summed E-state index contributed by atoms with van der Waals surface area (Å²) < 4.78 is 1.34. The normalized spacial score (nSPS) is 10.3. The maximum atomic E-state index is 3.68. The molecule has 0 saturated heterocycles. The third-order valence-electron chi connectivity index (χ3n) is 1.73. The topological polar surface area (TPSA) is 0 Å². The van der Waals surface area contributed by atoms with E-state index in [1.165, 1.54) is 15.0 Å². The van der Waals surface area contributed by atoms with E-state index < -0.39 is 0 Å². The Bertz CT molecular complexity index is 365. The number of hydrogen-bond donors (Lipinski definition) is 0. The van der Waals surface area contributed by atoms with E-state index in [2.05, 4.69) is 36.9 Å². The highest BCUT2D eigenvalue weighted by Crippen LogP contribution is 2.26. The predicted molar refractivity (Wildman–Crippen MR) is 55.4 cm³/mol. The van der Waals surface area contributed by atoms with Crippen molar-refractivity contribution in [3.05, 3.63) is 54.3 Å². The molecule has 0 aliphatic rings. The van der Waals surface area contributed by atoms with Crippen molar-refractivity contribution in [2.45, 2.75) is 0 Å². The Balaban J connectivity index is 2.54. The summed E-state index contributed by atoms with van der Waals surface area (Å²) in [6.45, 7) is 3.68. The summed E-state index contributed by atoms with van der Waals surface area (Å²) in [6, 6.07) is 10.6. The molecule has 0 N–H and O–H groups in total. The van der Waals surface area contributed by atoms with Crippen LogP contribution in [-0.2, 0) is 0 Å². The van der Waals surface area contributed by atoms with Gasteiger partial charge in [0.2, 0.25) is 0 Å². The second-order valence-electron chi connectivity index (χ2n) is 2.59. The average molecular weight is 173 g/mol. The molecule has 0 fully saturated rings. The van der Waals surface area contributed by atoms with Crippen molar-refractivity contribution < 1.29 is 0 Å². The second kappa shape index (κ2) is 3.11. The molecule has 0 nitrogen and oxygen atoms in total. The zero-order chi connectivity index (χ0) is 8.39. The number of thiophene rings is 1. The Morgan fingerprint density at radius 2 is 2.08 bits per heavy atom. The van der Waals surface area contributed by atoms with E-state index in [0.717, 1.165) is 0 Å². The van der Waals surface area contributed by atoms with Crippen LogP contribution in [0.4, 0.5) is 0 Å². The van der Waals surface area contributed by atoms with Crippen molar-refractivity contribution in [3.8, 4) is 0 Å². The molecular formula is C11H9S. The van der Waals surface area contributed by atoms with Crippen LogP contribution in [0.3, 0.4) is 0 Å². The molecule has 1 aromatic heterocycles. The zero-order valence-corrected chi connectivity index (χ0v) is 7.47. The average Bonchev–Trinajstić information content (AvgIpc) is 2.47. The minimum atomic E-state index is 1.27. The quantitative estimate of drug-likeness (QED) is 0.650. The van der Waals surface area contributed by atoms with Gasteiger partial charge >= 0.3 is 0 Å². The van der Waals surface area contributed by atoms with Crippen molar-refractivity contribution in [1.82, 2.24) is 0 Å². The molecule has 59 valence electrons. The number of rotatable bonds is 2. The molecule has 1 heteroatoms. The second-order valence-corrected chi connectivity index (χ2v) is 3.70. The van der Waals surface area contributed by atoms with E-state index in [1.54, 1.807) is 11.3 Å². The first-order valence-electron chi connectivity index (χ1n) is 3.84. The molecule has 0 aliphatic heterocycles. The Labute approximate surface area is 76.2 Å². The monoisotopic (exact) mass is 173 g/mol. The van der Waals surface area contributed by atoms with Crippen LogP contribution in [0.1, 0.15) is 4.88 Å². The van der Waals surface area contributed by atoms with Gasteiger partial charge in [-0.2, -0.15) is 0 Å². The fourth-order valence-corrected chi connectivity index (χ4v) is 2.20. The standard InChI is InChI=1S/C11H9S/c1-2-5-10-8-9-6-3-4-7-11(9)12-10/h2-8H,1H2. The van der Waals surface area contributed by atoms with E-state index in [-0.39, 0.29) is 0 Å². The lowest BCUT2D eigenvalue weighted by Gasteiger charge is -1.82. The fourth-order valence-electron chi connectivity index (χ4n) is 1.20. The van der Waals surface area contributed by atoms with Crippen LogP contribution in [0.5, 0.6) is 0 Å². The van der Waals surface area contributed by atoms with E-state index in [0.29, 0.717) is 0 Å². The van der Waals surface area contributed by atoms with Crippen LogP contribution in [0.2, 0.25) is 0 Å². The third kappa shape index (κ3) is 1.28. The fraction of sp³-hybridized carbons (Fsp3) is 0. The predicted octanol–water partition coefficient (Wildman–Crippen LogP) is 3.64. The molecule has 0 amide bonds. The van der Waals surface area contributed by atoms with Gasteiger partial charge in [-0.3, -0.25) is 0 Å². The highest BCUT2D eigenvalue weighted by atomic mass is 32.1. The highest BCUT2D eigenvalue weighted by Gasteiger charge is 1.97. The number of fused-ring (bicyclic) bond motifs is 1. The lowest BCUT2D eigenvalue weighted by molar-refractivity contribution is 1.71.